The summed E-state index contributed by atoms with van der Waals surface area (Å²) >= 11 is 0. The van der Waals surface area contributed by atoms with E-state index in [2.05, 4.69) is 23.2 Å². The van der Waals surface area contributed by atoms with Crippen LogP contribution < -0.4 is 5.32 Å². The van der Waals surface area contributed by atoms with E-state index >= 15 is 0 Å². The predicted octanol–water partition coefficient (Wildman–Crippen LogP) is 1.61. The molecule has 3 heteroatoms. The van der Waals surface area contributed by atoms with Gasteiger partial charge in [-0.2, -0.15) is 5.26 Å². The highest BCUT2D eigenvalue weighted by Gasteiger charge is 2.25. The Kier molecular flexibility index (Phi) is 4.56. The molecular weight excluding hydrogens is 186 g/mol. The zero-order valence-corrected chi connectivity index (χ0v) is 10.2. The lowest BCUT2D eigenvalue weighted by molar-refractivity contribution is 0.286. The van der Waals surface area contributed by atoms with Crippen LogP contribution in [0.2, 0.25) is 0 Å². The summed E-state index contributed by atoms with van der Waals surface area (Å²) in [4.78, 5) is 2.49. The summed E-state index contributed by atoms with van der Waals surface area (Å²) in [5, 5.41) is 12.1. The van der Waals surface area contributed by atoms with Crippen LogP contribution in [0, 0.1) is 17.2 Å². The molecule has 0 spiro atoms. The zero-order chi connectivity index (χ0) is 11.3. The van der Waals surface area contributed by atoms with Crippen molar-refractivity contribution >= 4 is 0 Å². The molecular formula is C12H23N3. The van der Waals surface area contributed by atoms with Gasteiger partial charge in [0.25, 0.3) is 0 Å². The lowest BCUT2D eigenvalue weighted by Crippen LogP contribution is -2.41. The Hall–Kier alpha value is -0.590. The minimum absolute atomic E-state index is 0.357. The first-order chi connectivity index (χ1) is 7.13. The van der Waals surface area contributed by atoms with Gasteiger partial charge in [-0.1, -0.05) is 13.3 Å². The predicted molar refractivity (Wildman–Crippen MR) is 62.5 cm³/mol. The Labute approximate surface area is 93.5 Å². The van der Waals surface area contributed by atoms with Crippen LogP contribution in [0.1, 0.15) is 33.1 Å². The Balaban J connectivity index is 2.29. The number of hydrogen-bond donors (Lipinski definition) is 1. The van der Waals surface area contributed by atoms with E-state index in [9.17, 15) is 0 Å². The third-order valence-corrected chi connectivity index (χ3v) is 3.67. The van der Waals surface area contributed by atoms with E-state index in [4.69, 9.17) is 5.26 Å². The van der Waals surface area contributed by atoms with E-state index in [0.29, 0.717) is 0 Å². The molecule has 2 unspecified atom stereocenters. The standard InChI is InChI=1S/C12H23N3/c1-4-11-5-7-15(9-11)8-6-12(2,10-13)14-3/h11,14H,4-9H2,1-3H3. The molecule has 1 saturated heterocycles. The van der Waals surface area contributed by atoms with Crippen molar-refractivity contribution in [3.8, 4) is 6.07 Å². The highest BCUT2D eigenvalue weighted by Crippen LogP contribution is 2.20. The topological polar surface area (TPSA) is 39.1 Å². The summed E-state index contributed by atoms with van der Waals surface area (Å²) in [5.41, 5.74) is -0.357. The molecule has 1 heterocycles. The van der Waals surface area contributed by atoms with E-state index in [1.165, 1.54) is 25.9 Å². The maximum absolute atomic E-state index is 9.03. The first kappa shape index (κ1) is 12.5. The SMILES string of the molecule is CCC1CCN(CCC(C)(C#N)NC)C1. The molecule has 86 valence electrons. The third kappa shape index (κ3) is 3.48. The summed E-state index contributed by atoms with van der Waals surface area (Å²) in [6.45, 7) is 7.72. The number of nitriles is 1. The molecule has 0 amide bonds. The van der Waals surface area contributed by atoms with Crippen molar-refractivity contribution < 1.29 is 0 Å². The summed E-state index contributed by atoms with van der Waals surface area (Å²) in [7, 11) is 1.86. The smallest absolute Gasteiger partial charge is 0.104 e. The Bertz CT molecular complexity index is 234. The fourth-order valence-electron chi connectivity index (χ4n) is 2.07. The second-order valence-corrected chi connectivity index (χ2v) is 4.81. The van der Waals surface area contributed by atoms with E-state index < -0.39 is 0 Å². The molecule has 0 saturated carbocycles. The average molecular weight is 209 g/mol. The summed E-state index contributed by atoms with van der Waals surface area (Å²) in [5.74, 6) is 0.882. The van der Waals surface area contributed by atoms with Crippen LogP contribution in [0.5, 0.6) is 0 Å². The minimum atomic E-state index is -0.357. The number of nitrogens with zero attached hydrogens (tertiary/aromatic N) is 2. The molecule has 0 aromatic carbocycles. The molecule has 1 N–H and O–H groups in total. The number of likely N-dealkylation sites (tertiary alicyclic amines) is 1. The fourth-order valence-corrected chi connectivity index (χ4v) is 2.07. The molecule has 2 atom stereocenters. The molecule has 3 nitrogen and oxygen atoms in total. The van der Waals surface area contributed by atoms with Gasteiger partial charge < -0.3 is 10.2 Å². The van der Waals surface area contributed by atoms with Crippen LogP contribution in [0.25, 0.3) is 0 Å². The van der Waals surface area contributed by atoms with E-state index in [1.54, 1.807) is 0 Å². The Morgan fingerprint density at radius 1 is 1.60 bits per heavy atom. The first-order valence-electron chi connectivity index (χ1n) is 5.96. The van der Waals surface area contributed by atoms with Crippen LogP contribution in [-0.2, 0) is 0 Å². The molecule has 1 rings (SSSR count). The van der Waals surface area contributed by atoms with Crippen LogP contribution >= 0.6 is 0 Å². The second kappa shape index (κ2) is 5.48. The maximum atomic E-state index is 9.03. The molecule has 0 aromatic rings. The molecule has 0 aliphatic carbocycles. The number of hydrogen-bond acceptors (Lipinski definition) is 3. The van der Waals surface area contributed by atoms with Gasteiger partial charge in [-0.05, 0) is 39.3 Å². The fraction of sp³-hybridized carbons (Fsp3) is 0.917. The van der Waals surface area contributed by atoms with Crippen molar-refractivity contribution in [2.24, 2.45) is 5.92 Å². The van der Waals surface area contributed by atoms with Crippen molar-refractivity contribution in [1.29, 1.82) is 5.26 Å². The lowest BCUT2D eigenvalue weighted by atomic mass is 10.00. The molecule has 1 fully saturated rings. The quantitative estimate of drug-likeness (QED) is 0.747. The van der Waals surface area contributed by atoms with Crippen molar-refractivity contribution in [3.05, 3.63) is 0 Å². The molecule has 15 heavy (non-hydrogen) atoms. The van der Waals surface area contributed by atoms with Crippen LogP contribution in [-0.4, -0.2) is 37.1 Å². The highest BCUT2D eigenvalue weighted by molar-refractivity contribution is 5.03. The van der Waals surface area contributed by atoms with Crippen LogP contribution in [0.3, 0.4) is 0 Å². The number of nitrogens with one attached hydrogen (secondary N) is 1. The average Bonchev–Trinajstić information content (AvgIpc) is 2.74. The normalized spacial score (nSPS) is 26.1. The van der Waals surface area contributed by atoms with Crippen molar-refractivity contribution in [2.45, 2.75) is 38.6 Å². The first-order valence-corrected chi connectivity index (χ1v) is 5.96. The summed E-state index contributed by atoms with van der Waals surface area (Å²) in [6.07, 6.45) is 3.54. The van der Waals surface area contributed by atoms with Crippen molar-refractivity contribution in [3.63, 3.8) is 0 Å². The van der Waals surface area contributed by atoms with Gasteiger partial charge in [-0.3, -0.25) is 0 Å². The Morgan fingerprint density at radius 3 is 2.80 bits per heavy atom. The number of rotatable bonds is 5. The highest BCUT2D eigenvalue weighted by atomic mass is 15.1. The third-order valence-electron chi connectivity index (χ3n) is 3.67. The second-order valence-electron chi connectivity index (χ2n) is 4.81. The molecule has 0 bridgehead atoms. The monoisotopic (exact) mass is 209 g/mol. The zero-order valence-electron chi connectivity index (χ0n) is 10.2. The summed E-state index contributed by atoms with van der Waals surface area (Å²) in [6, 6.07) is 2.34. The molecule has 0 radical (unpaired) electrons. The summed E-state index contributed by atoms with van der Waals surface area (Å²) < 4.78 is 0. The molecule has 0 aromatic heterocycles. The largest absolute Gasteiger partial charge is 0.303 e. The van der Waals surface area contributed by atoms with Gasteiger partial charge in [0.15, 0.2) is 0 Å². The van der Waals surface area contributed by atoms with Gasteiger partial charge in [0.1, 0.15) is 5.54 Å². The van der Waals surface area contributed by atoms with E-state index in [-0.39, 0.29) is 5.54 Å². The molecule has 1 aliphatic rings. The van der Waals surface area contributed by atoms with Crippen LogP contribution in [0.4, 0.5) is 0 Å². The van der Waals surface area contributed by atoms with Gasteiger partial charge in [-0.25, -0.2) is 0 Å². The minimum Gasteiger partial charge on any atom is -0.303 e. The van der Waals surface area contributed by atoms with Gasteiger partial charge in [-0.15, -0.1) is 0 Å². The van der Waals surface area contributed by atoms with Crippen molar-refractivity contribution in [1.82, 2.24) is 10.2 Å². The maximum Gasteiger partial charge on any atom is 0.104 e. The van der Waals surface area contributed by atoms with Gasteiger partial charge in [0.05, 0.1) is 6.07 Å². The van der Waals surface area contributed by atoms with Crippen molar-refractivity contribution in [2.75, 3.05) is 26.7 Å². The van der Waals surface area contributed by atoms with Gasteiger partial charge in [0.2, 0.25) is 0 Å². The van der Waals surface area contributed by atoms with E-state index in [1.807, 2.05) is 14.0 Å². The Morgan fingerprint density at radius 2 is 2.33 bits per heavy atom. The molecule has 1 aliphatic heterocycles. The van der Waals surface area contributed by atoms with E-state index in [0.717, 1.165) is 18.9 Å². The van der Waals surface area contributed by atoms with Crippen LogP contribution in [0.15, 0.2) is 0 Å². The van der Waals surface area contributed by atoms with Gasteiger partial charge in [0, 0.05) is 13.1 Å². The lowest BCUT2D eigenvalue weighted by Gasteiger charge is -2.24. The van der Waals surface area contributed by atoms with Gasteiger partial charge >= 0.3 is 0 Å².